The van der Waals surface area contributed by atoms with Gasteiger partial charge in [-0.1, -0.05) is 23.7 Å². The summed E-state index contributed by atoms with van der Waals surface area (Å²) < 4.78 is 27.2. The smallest absolute Gasteiger partial charge is 0.270 e. The summed E-state index contributed by atoms with van der Waals surface area (Å²) in [6, 6.07) is 10.7. The van der Waals surface area contributed by atoms with Crippen molar-refractivity contribution in [3.05, 3.63) is 58.3 Å². The number of aryl methyl sites for hydroxylation is 1. The maximum Gasteiger partial charge on any atom is 0.270 e. The van der Waals surface area contributed by atoms with Crippen LogP contribution in [0.1, 0.15) is 12.0 Å². The molecule has 1 aliphatic heterocycles. The number of halogens is 1. The van der Waals surface area contributed by atoms with Crippen LogP contribution in [0.3, 0.4) is 0 Å². The Morgan fingerprint density at radius 1 is 1.22 bits per heavy atom. The molecule has 1 atom stereocenters. The average molecular weight is 355 g/mol. The number of rotatable bonds is 3. The van der Waals surface area contributed by atoms with Gasteiger partial charge >= 0.3 is 0 Å². The highest BCUT2D eigenvalue weighted by Gasteiger charge is 2.32. The van der Waals surface area contributed by atoms with Gasteiger partial charge in [0.2, 0.25) is 0 Å². The summed E-state index contributed by atoms with van der Waals surface area (Å²) in [5, 5.41) is 19.9. The molecule has 2 aromatic rings. The van der Waals surface area contributed by atoms with Crippen LogP contribution in [0.15, 0.2) is 47.4 Å². The first kappa shape index (κ1) is 16.2. The van der Waals surface area contributed by atoms with Crippen LogP contribution in [0.2, 0.25) is 5.02 Å². The van der Waals surface area contributed by atoms with Gasteiger partial charge in [-0.25, -0.2) is 13.6 Å². The summed E-state index contributed by atoms with van der Waals surface area (Å²) in [5.41, 5.74) is 1.18. The van der Waals surface area contributed by atoms with Gasteiger partial charge in [0.1, 0.15) is 0 Å². The molecular formula is C15H15ClN2O4S. The molecule has 1 unspecified atom stereocenters. The van der Waals surface area contributed by atoms with Crippen LogP contribution in [0, 0.1) is 5.21 Å². The Balaban J connectivity index is 2.13. The van der Waals surface area contributed by atoms with Crippen LogP contribution >= 0.6 is 11.6 Å². The van der Waals surface area contributed by atoms with Crippen LogP contribution in [0.4, 0.5) is 11.4 Å². The van der Waals surface area contributed by atoms with Crippen molar-refractivity contribution in [2.45, 2.75) is 17.7 Å². The van der Waals surface area contributed by atoms with Crippen molar-refractivity contribution in [1.29, 1.82) is 0 Å². The Morgan fingerprint density at radius 2 is 1.96 bits per heavy atom. The molecular weight excluding hydrogens is 340 g/mol. The lowest BCUT2D eigenvalue weighted by atomic mass is 10.0. The minimum atomic E-state index is -3.95. The first-order valence-corrected chi connectivity index (χ1v) is 8.86. The van der Waals surface area contributed by atoms with Crippen LogP contribution in [-0.4, -0.2) is 20.2 Å². The van der Waals surface area contributed by atoms with Crippen molar-refractivity contribution >= 4 is 33.0 Å². The SMILES string of the molecule is O=S(=O)(c1ccccc1[NH+]([O-])O)N1CCCc2cc(Cl)ccc21. The number of hydrogen-bond donors (Lipinski definition) is 2. The maximum absolute atomic E-state index is 13.0. The molecule has 0 saturated carbocycles. The monoisotopic (exact) mass is 354 g/mol. The molecule has 0 radical (unpaired) electrons. The van der Waals surface area contributed by atoms with Crippen molar-refractivity contribution in [2.75, 3.05) is 10.8 Å². The van der Waals surface area contributed by atoms with E-state index >= 15 is 0 Å². The normalized spacial score (nSPS) is 16.0. The van der Waals surface area contributed by atoms with E-state index in [1.54, 1.807) is 18.2 Å². The van der Waals surface area contributed by atoms with Gasteiger partial charge in [-0.2, -0.15) is 5.23 Å². The molecule has 23 heavy (non-hydrogen) atoms. The number of quaternary nitrogens is 1. The molecule has 122 valence electrons. The number of nitrogens with zero attached hydrogens (tertiary/aromatic N) is 1. The number of benzene rings is 2. The minimum Gasteiger partial charge on any atom is -0.595 e. The third kappa shape index (κ3) is 2.93. The number of nitrogens with one attached hydrogen (secondary N) is 1. The predicted octanol–water partition coefficient (Wildman–Crippen LogP) is 1.88. The second-order valence-electron chi connectivity index (χ2n) is 5.26. The molecule has 1 heterocycles. The van der Waals surface area contributed by atoms with Crippen LogP contribution in [0.25, 0.3) is 0 Å². The summed E-state index contributed by atoms with van der Waals surface area (Å²) in [6.45, 7) is 0.310. The highest BCUT2D eigenvalue weighted by molar-refractivity contribution is 7.93. The summed E-state index contributed by atoms with van der Waals surface area (Å²) in [7, 11) is -3.95. The number of anilines is 1. The fourth-order valence-electron chi connectivity index (χ4n) is 2.77. The molecule has 0 saturated heterocycles. The Labute approximate surface area is 139 Å². The van der Waals surface area contributed by atoms with Crippen molar-refractivity contribution in [3.63, 3.8) is 0 Å². The third-order valence-electron chi connectivity index (χ3n) is 3.80. The van der Waals surface area contributed by atoms with Crippen LogP contribution in [0.5, 0.6) is 0 Å². The second-order valence-corrected chi connectivity index (χ2v) is 7.52. The van der Waals surface area contributed by atoms with Gasteiger partial charge in [-0.15, -0.1) is 0 Å². The van der Waals surface area contributed by atoms with Gasteiger partial charge in [0.05, 0.1) is 5.69 Å². The van der Waals surface area contributed by atoms with E-state index in [4.69, 9.17) is 11.6 Å². The third-order valence-corrected chi connectivity index (χ3v) is 5.91. The lowest BCUT2D eigenvalue weighted by Gasteiger charge is -2.31. The highest BCUT2D eigenvalue weighted by Crippen LogP contribution is 2.34. The standard InChI is InChI=1S/C15H15ClN2O4S/c16-12-7-8-13-11(10-12)4-3-9-17(13)23(21,22)15-6-2-1-5-14(15)18(19)20/h1-2,5-8,10,18-19H,3-4,9H2. The molecule has 6 nitrogen and oxygen atoms in total. The molecule has 0 amide bonds. The summed E-state index contributed by atoms with van der Waals surface area (Å²) in [5.74, 6) is 0. The fourth-order valence-corrected chi connectivity index (χ4v) is 4.69. The Bertz CT molecular complexity index is 839. The van der Waals surface area contributed by atoms with Crippen molar-refractivity contribution in [2.24, 2.45) is 0 Å². The van der Waals surface area contributed by atoms with E-state index in [2.05, 4.69) is 0 Å². The largest absolute Gasteiger partial charge is 0.595 e. The zero-order valence-corrected chi connectivity index (χ0v) is 13.6. The Morgan fingerprint density at radius 3 is 2.70 bits per heavy atom. The average Bonchev–Trinajstić information content (AvgIpc) is 2.53. The van der Waals surface area contributed by atoms with E-state index in [0.717, 1.165) is 12.0 Å². The number of sulfonamides is 1. The second kappa shape index (κ2) is 6.10. The number of fused-ring (bicyclic) bond motifs is 1. The molecule has 1 aliphatic rings. The van der Waals surface area contributed by atoms with Crippen LogP contribution < -0.4 is 9.53 Å². The first-order chi connectivity index (χ1) is 10.9. The molecule has 0 fully saturated rings. The molecule has 2 N–H and O–H groups in total. The van der Waals surface area contributed by atoms with Crippen molar-refractivity contribution < 1.29 is 18.9 Å². The van der Waals surface area contributed by atoms with Crippen molar-refractivity contribution in [1.82, 2.24) is 0 Å². The van der Waals surface area contributed by atoms with Gasteiger partial charge in [-0.3, -0.25) is 4.31 Å². The lowest BCUT2D eigenvalue weighted by Crippen LogP contribution is -2.99. The minimum absolute atomic E-state index is 0.199. The predicted molar refractivity (Wildman–Crippen MR) is 86.5 cm³/mol. The molecule has 0 spiro atoms. The topological polar surface area (TPSA) is 85.1 Å². The van der Waals surface area contributed by atoms with E-state index in [9.17, 15) is 18.8 Å². The van der Waals surface area contributed by atoms with Gasteiger partial charge in [0, 0.05) is 17.6 Å². The lowest BCUT2D eigenvalue weighted by molar-refractivity contribution is -0.992. The van der Waals surface area contributed by atoms with E-state index in [-0.39, 0.29) is 10.6 Å². The molecule has 3 rings (SSSR count). The van der Waals surface area contributed by atoms with E-state index in [1.165, 1.54) is 28.6 Å². The van der Waals surface area contributed by atoms with Crippen molar-refractivity contribution in [3.8, 4) is 0 Å². The van der Waals surface area contributed by atoms with Gasteiger partial charge < -0.3 is 5.21 Å². The van der Waals surface area contributed by atoms with Gasteiger partial charge in [0.15, 0.2) is 10.6 Å². The molecule has 8 heteroatoms. The molecule has 0 aliphatic carbocycles. The van der Waals surface area contributed by atoms with Gasteiger partial charge in [0.25, 0.3) is 10.0 Å². The Kier molecular flexibility index (Phi) is 4.31. The number of hydrogen-bond acceptors (Lipinski definition) is 4. The first-order valence-electron chi connectivity index (χ1n) is 7.05. The fraction of sp³-hybridized carbons (Fsp3) is 0.200. The molecule has 0 aromatic heterocycles. The van der Waals surface area contributed by atoms with E-state index < -0.39 is 15.2 Å². The zero-order valence-electron chi connectivity index (χ0n) is 12.1. The molecule has 2 aromatic carbocycles. The quantitative estimate of drug-likeness (QED) is 0.824. The van der Waals surface area contributed by atoms with E-state index in [0.29, 0.717) is 23.7 Å². The Hall–Kier alpha value is -1.64. The summed E-state index contributed by atoms with van der Waals surface area (Å²) in [4.78, 5) is -0.199. The number of para-hydroxylation sites is 1. The van der Waals surface area contributed by atoms with E-state index in [1.807, 2.05) is 0 Å². The summed E-state index contributed by atoms with van der Waals surface area (Å²) >= 11 is 5.98. The molecule has 0 bridgehead atoms. The summed E-state index contributed by atoms with van der Waals surface area (Å²) in [6.07, 6.45) is 1.39. The van der Waals surface area contributed by atoms with Gasteiger partial charge in [-0.05, 0) is 42.7 Å². The maximum atomic E-state index is 13.0. The van der Waals surface area contributed by atoms with Crippen LogP contribution in [-0.2, 0) is 16.4 Å². The highest BCUT2D eigenvalue weighted by atomic mass is 35.5. The zero-order chi connectivity index (χ0) is 16.6.